The second-order valence-electron chi connectivity index (χ2n) is 4.29. The molecule has 1 aliphatic rings. The lowest BCUT2D eigenvalue weighted by atomic mass is 10.2. The molecule has 2 amide bonds. The molecule has 0 spiro atoms. The van der Waals surface area contributed by atoms with Crippen LogP contribution in [0.2, 0.25) is 0 Å². The Balaban J connectivity index is 0. The Bertz CT molecular complexity index is 629. The summed E-state index contributed by atoms with van der Waals surface area (Å²) in [5.41, 5.74) is 0.940. The number of amides is 2. The van der Waals surface area contributed by atoms with Crippen molar-refractivity contribution in [3.63, 3.8) is 0 Å². The van der Waals surface area contributed by atoms with Crippen molar-refractivity contribution >= 4 is 101 Å². The molecule has 0 atom stereocenters. The number of para-hydroxylation sites is 2. The summed E-state index contributed by atoms with van der Waals surface area (Å²) >= 11 is 0. The molecule has 2 rings (SSSR count). The third kappa shape index (κ3) is 4.45. The zero-order valence-corrected chi connectivity index (χ0v) is 19.6. The van der Waals surface area contributed by atoms with E-state index in [0.29, 0.717) is 11.4 Å². The Morgan fingerprint density at radius 3 is 1.46 bits per heavy atom. The van der Waals surface area contributed by atoms with E-state index in [0.717, 1.165) is 18.2 Å². The predicted molar refractivity (Wildman–Crippen MR) is 127 cm³/mol. The van der Waals surface area contributed by atoms with Gasteiger partial charge in [0.2, 0.25) is 0 Å². The van der Waals surface area contributed by atoms with Gasteiger partial charge < -0.3 is 0 Å². The summed E-state index contributed by atoms with van der Waals surface area (Å²) in [6.07, 6.45) is 2.18. The Labute approximate surface area is 191 Å². The fraction of sp³-hybridized carbons (Fsp3) is 0.0625. The van der Waals surface area contributed by atoms with E-state index >= 15 is 0 Å². The molecule has 130 valence electrons. The summed E-state index contributed by atoms with van der Waals surface area (Å²) in [5, 5.41) is 0. The number of anilines is 2. The fourth-order valence-electron chi connectivity index (χ4n) is 2.29. The molecule has 0 bridgehead atoms. The zero-order valence-electron chi connectivity index (χ0n) is 12.6. The van der Waals surface area contributed by atoms with E-state index in [1.807, 2.05) is 0 Å². The molecule has 24 heavy (non-hydrogen) atoms. The van der Waals surface area contributed by atoms with Crippen LogP contribution in [0.15, 0.2) is 62.2 Å². The first-order valence-electron chi connectivity index (χ1n) is 6.23. The van der Waals surface area contributed by atoms with Crippen molar-refractivity contribution in [3.05, 3.63) is 62.2 Å². The molecule has 0 saturated carbocycles. The minimum absolute atomic E-state index is 0. The van der Waals surface area contributed by atoms with Crippen LogP contribution >= 0.6 is 71.9 Å². The molecule has 1 aliphatic heterocycles. The Morgan fingerprint density at radius 1 is 0.792 bits per heavy atom. The van der Waals surface area contributed by atoms with Crippen molar-refractivity contribution in [2.24, 2.45) is 0 Å². The normalized spacial score (nSPS) is 11.8. The molecule has 1 aromatic carbocycles. The highest BCUT2D eigenvalue weighted by atomic mass is 127. The van der Waals surface area contributed by atoms with Crippen molar-refractivity contribution in [3.8, 4) is 0 Å². The second-order valence-corrected chi connectivity index (χ2v) is 4.29. The molecule has 0 aromatic heterocycles. The summed E-state index contributed by atoms with van der Waals surface area (Å²) in [6, 6.07) is 6.77. The first-order chi connectivity index (χ1) is 10.1. The molecule has 0 N–H and O–H groups in total. The van der Waals surface area contributed by atoms with Crippen LogP contribution in [0.5, 0.6) is 0 Å². The van der Waals surface area contributed by atoms with Crippen LogP contribution in [0.3, 0.4) is 0 Å². The van der Waals surface area contributed by atoms with E-state index in [1.165, 1.54) is 9.80 Å². The average molecular weight is 666 g/mol. The van der Waals surface area contributed by atoms with Gasteiger partial charge in [-0.25, -0.2) is 0 Å². The maximum absolute atomic E-state index is 12.2. The van der Waals surface area contributed by atoms with Crippen LogP contribution in [0, 0.1) is 0 Å². The number of fused-ring (bicyclic) bond motifs is 1. The zero-order chi connectivity index (χ0) is 15.6. The highest BCUT2D eigenvalue weighted by molar-refractivity contribution is 14.0. The topological polar surface area (TPSA) is 57.7 Å². The summed E-state index contributed by atoms with van der Waals surface area (Å²) in [6.45, 7) is 10.3. The van der Waals surface area contributed by atoms with Gasteiger partial charge in [-0.1, -0.05) is 31.9 Å². The first-order valence-corrected chi connectivity index (χ1v) is 6.23. The minimum Gasteiger partial charge on any atom is -0.290 e. The van der Waals surface area contributed by atoms with Gasteiger partial charge in [-0.2, -0.15) is 0 Å². The molecule has 8 heteroatoms. The molecule has 1 heterocycles. The number of hydrogen-bond donors (Lipinski definition) is 0. The highest BCUT2D eigenvalue weighted by Crippen LogP contribution is 2.40. The van der Waals surface area contributed by atoms with E-state index in [4.69, 9.17) is 0 Å². The fourth-order valence-corrected chi connectivity index (χ4v) is 2.29. The van der Waals surface area contributed by atoms with Crippen LogP contribution in [-0.4, -0.2) is 23.8 Å². The van der Waals surface area contributed by atoms with Crippen LogP contribution in [-0.2, 0) is 14.4 Å². The van der Waals surface area contributed by atoms with Crippen LogP contribution in [0.1, 0.15) is 0 Å². The van der Waals surface area contributed by atoms with Gasteiger partial charge >= 0.3 is 0 Å². The largest absolute Gasteiger partial charge is 0.290 e. The van der Waals surface area contributed by atoms with Crippen molar-refractivity contribution in [1.82, 2.24) is 0 Å². The molecule has 0 saturated heterocycles. The molecule has 0 radical (unpaired) electrons. The van der Waals surface area contributed by atoms with Crippen LogP contribution in [0.25, 0.3) is 0 Å². The number of benzene rings is 1. The lowest BCUT2D eigenvalue weighted by Crippen LogP contribution is -2.52. The Morgan fingerprint density at radius 2 is 1.17 bits per heavy atom. The molecular formula is C16H17I3N2O3. The number of hydrogen-bond acceptors (Lipinski definition) is 3. The van der Waals surface area contributed by atoms with E-state index in [-0.39, 0.29) is 71.9 Å². The number of nitrogens with zero attached hydrogens (tertiary/aromatic N) is 2. The Kier molecular flexibility index (Phi) is 11.6. The third-order valence-corrected chi connectivity index (χ3v) is 3.17. The standard InChI is InChI=1S/C16H14N2O3.3HI/c1-4-13(19)16-17(14(20)5-2)11-9-7-8-10-12(11)18(16)15(21)6-3;;;/h4-10,16H,1-3H2;3*1H. The lowest BCUT2D eigenvalue weighted by Gasteiger charge is -2.27. The van der Waals surface area contributed by atoms with Crippen LogP contribution < -0.4 is 9.80 Å². The van der Waals surface area contributed by atoms with E-state index in [2.05, 4.69) is 19.7 Å². The smallest absolute Gasteiger partial charge is 0.252 e. The number of carbonyl (C=O) groups excluding carboxylic acids is 3. The number of halogens is 3. The summed E-state index contributed by atoms with van der Waals surface area (Å²) < 4.78 is 0. The monoisotopic (exact) mass is 666 g/mol. The van der Waals surface area contributed by atoms with E-state index in [1.54, 1.807) is 24.3 Å². The lowest BCUT2D eigenvalue weighted by molar-refractivity contribution is -0.122. The van der Waals surface area contributed by atoms with Gasteiger partial charge in [-0.3, -0.25) is 24.2 Å². The number of ketones is 1. The van der Waals surface area contributed by atoms with Gasteiger partial charge in [-0.15, -0.1) is 71.9 Å². The van der Waals surface area contributed by atoms with Crippen molar-refractivity contribution in [1.29, 1.82) is 0 Å². The molecule has 1 aromatic rings. The van der Waals surface area contributed by atoms with Gasteiger partial charge in [0.1, 0.15) is 0 Å². The van der Waals surface area contributed by atoms with Crippen molar-refractivity contribution < 1.29 is 14.4 Å². The summed E-state index contributed by atoms with van der Waals surface area (Å²) in [5.74, 6) is -1.40. The van der Waals surface area contributed by atoms with Gasteiger partial charge in [0.25, 0.3) is 11.8 Å². The average Bonchev–Trinajstić information content (AvgIpc) is 2.87. The van der Waals surface area contributed by atoms with Gasteiger partial charge in [0.15, 0.2) is 11.9 Å². The molecule has 0 fully saturated rings. The molecule has 0 aliphatic carbocycles. The first kappa shape index (κ1) is 25.5. The molecule has 5 nitrogen and oxygen atoms in total. The Hall–Kier alpha value is -0.760. The quantitative estimate of drug-likeness (QED) is 0.365. The molecule has 0 unspecified atom stereocenters. The van der Waals surface area contributed by atoms with Gasteiger partial charge in [0, 0.05) is 0 Å². The SMILES string of the molecule is C=CC(=O)C1N(C(=O)C=C)c2ccccc2N1C(=O)C=C.I.I.I. The van der Waals surface area contributed by atoms with Crippen molar-refractivity contribution in [2.75, 3.05) is 9.80 Å². The highest BCUT2D eigenvalue weighted by Gasteiger charge is 2.44. The maximum atomic E-state index is 12.2. The summed E-state index contributed by atoms with van der Waals surface area (Å²) in [4.78, 5) is 38.9. The predicted octanol–water partition coefficient (Wildman–Crippen LogP) is 3.67. The van der Waals surface area contributed by atoms with Crippen LogP contribution in [0.4, 0.5) is 11.4 Å². The minimum atomic E-state index is -1.10. The van der Waals surface area contributed by atoms with Crippen molar-refractivity contribution in [2.45, 2.75) is 6.17 Å². The number of rotatable bonds is 4. The second kappa shape index (κ2) is 11.0. The number of carbonyl (C=O) groups is 3. The van der Waals surface area contributed by atoms with Gasteiger partial charge in [-0.05, 0) is 30.4 Å². The maximum Gasteiger partial charge on any atom is 0.252 e. The van der Waals surface area contributed by atoms with E-state index < -0.39 is 23.8 Å². The van der Waals surface area contributed by atoms with Gasteiger partial charge in [0.05, 0.1) is 11.4 Å². The third-order valence-electron chi connectivity index (χ3n) is 3.17. The molecular weight excluding hydrogens is 649 g/mol. The van der Waals surface area contributed by atoms with E-state index in [9.17, 15) is 14.4 Å². The summed E-state index contributed by atoms with van der Waals surface area (Å²) in [7, 11) is 0.